The molecular weight excluding hydrogens is 1580 g/mol. The molecule has 4 heterocycles. The molecule has 0 fully saturated rings. The molecule has 0 bridgehead atoms. The molecule has 39 heteroatoms. The number of hydrogen-bond donors (Lipinski definition) is 12. The first-order chi connectivity index (χ1) is 55.4. The fourth-order valence-electron chi connectivity index (χ4n) is 12.2. The molecule has 0 saturated heterocycles. The second kappa shape index (κ2) is 45.7. The summed E-state index contributed by atoms with van der Waals surface area (Å²) in [6.45, 7) is 10.3. The second-order valence-electron chi connectivity index (χ2n) is 25.4. The van der Waals surface area contributed by atoms with E-state index in [1.54, 1.807) is 110 Å². The van der Waals surface area contributed by atoms with Gasteiger partial charge in [0.05, 0.1) is 107 Å². The van der Waals surface area contributed by atoms with Gasteiger partial charge >= 0.3 is 0 Å². The van der Waals surface area contributed by atoms with Gasteiger partial charge in [0, 0.05) is 166 Å². The summed E-state index contributed by atoms with van der Waals surface area (Å²) >= 11 is 0. The molecule has 12 rings (SSSR count). The van der Waals surface area contributed by atoms with E-state index in [0.29, 0.717) is 118 Å². The molecule has 0 unspecified atom stereocenters. The molecule has 0 spiro atoms. The van der Waals surface area contributed by atoms with Crippen LogP contribution in [-0.2, 0) is 47.8 Å². The van der Waals surface area contributed by atoms with Crippen LogP contribution in [0.3, 0.4) is 0 Å². The van der Waals surface area contributed by atoms with E-state index in [1.165, 1.54) is 0 Å². The number of nitrogens with zero attached hydrogens (tertiary/aromatic N) is 8. The van der Waals surface area contributed by atoms with Crippen molar-refractivity contribution >= 4 is 135 Å². The minimum Gasteiger partial charge on any atom is -0.493 e. The van der Waals surface area contributed by atoms with E-state index in [9.17, 15) is 8.42 Å². The first kappa shape index (κ1) is 97.9. The number of hydrogen-bond acceptors (Lipinski definition) is 34. The minimum atomic E-state index is -0.611. The van der Waals surface area contributed by atoms with Gasteiger partial charge in [0.2, 0.25) is 46.8 Å². The van der Waals surface area contributed by atoms with Crippen molar-refractivity contribution < 1.29 is 81.7 Å². The highest BCUT2D eigenvalue weighted by Crippen LogP contribution is 2.44. The zero-order valence-corrected chi connectivity index (χ0v) is 71.9. The fourth-order valence-corrected chi connectivity index (χ4v) is 12.2. The highest BCUT2D eigenvalue weighted by Gasteiger charge is 2.21. The monoisotopic (exact) mass is 1690 g/mol. The van der Waals surface area contributed by atoms with Crippen LogP contribution in [0.5, 0.6) is 69.0 Å². The van der Waals surface area contributed by atoms with E-state index in [0.717, 1.165) is 111 Å². The normalized spacial score (nSPS) is 10.3. The first-order valence-electron chi connectivity index (χ1n) is 35.3. The summed E-state index contributed by atoms with van der Waals surface area (Å²) in [5, 5.41) is 16.8. The predicted molar refractivity (Wildman–Crippen MR) is 477 cm³/mol. The third kappa shape index (κ3) is 24.8. The van der Waals surface area contributed by atoms with Crippen molar-refractivity contribution in [3.8, 4) is 69.0 Å². The van der Waals surface area contributed by atoms with Gasteiger partial charge in [0.15, 0.2) is 46.0 Å². The molecule has 4 aromatic heterocycles. The first-order valence-corrected chi connectivity index (χ1v) is 39.2. The topological polar surface area (TPSA) is 599 Å². The number of fused-ring (bicyclic) bond motifs is 4. The van der Waals surface area contributed by atoms with Crippen LogP contribution in [0.1, 0.15) is 44.5 Å². The third-order valence-electron chi connectivity index (χ3n) is 17.7. The van der Waals surface area contributed by atoms with Crippen molar-refractivity contribution in [2.75, 3.05) is 177 Å². The Kier molecular flexibility index (Phi) is 37.6. The van der Waals surface area contributed by atoms with Crippen LogP contribution in [0.2, 0.25) is 0 Å². The maximum atomic E-state index is 9.56. The number of anilines is 12. The van der Waals surface area contributed by atoms with Gasteiger partial charge in [-0.05, 0) is 96.5 Å². The summed E-state index contributed by atoms with van der Waals surface area (Å²) in [6, 6.07) is 30.4. The van der Waals surface area contributed by atoms with Gasteiger partial charge in [-0.2, -0.15) is 19.9 Å². The second-order valence-corrected chi connectivity index (χ2v) is 28.4. The molecule has 0 saturated carbocycles. The molecule has 0 atom stereocenters. The van der Waals surface area contributed by atoms with Crippen LogP contribution >= 0.6 is 0 Å². The van der Waals surface area contributed by atoms with Crippen LogP contribution in [0.25, 0.3) is 43.6 Å². The maximum Gasteiger partial charge on any atom is 0.222 e. The molecule has 0 aliphatic rings. The fraction of sp³-hybridized carbons (Fsp3) is 0.300. The van der Waals surface area contributed by atoms with E-state index in [1.807, 2.05) is 125 Å². The SMILES string of the molecule is COc1cc(NCc2ccc3nc(N)nc(N)c3c2C)cc(OC)c1OC.COc1cc(NCc2ccc3nc(N)nc(N)c3c2C)cc(OC)c1OC.COc1cc(NCc2ccc3nc(N)nc(N)c3c2C)cc(OC)c1OC.COc1cc(NCc2ccc3nc(N)nc(N)c3c2C)cc(OC)c1OC.CS(C)=O.CS(C)=O.O.O.O. The van der Waals surface area contributed by atoms with Gasteiger partial charge in [-0.25, -0.2) is 19.9 Å². The van der Waals surface area contributed by atoms with Crippen molar-refractivity contribution in [1.29, 1.82) is 0 Å². The highest BCUT2D eigenvalue weighted by atomic mass is 32.2. The van der Waals surface area contributed by atoms with Crippen LogP contribution in [0.4, 0.5) is 69.8 Å². The van der Waals surface area contributed by atoms with Gasteiger partial charge in [-0.3, -0.25) is 8.42 Å². The Labute approximate surface area is 695 Å². The summed E-state index contributed by atoms with van der Waals surface area (Å²) < 4.78 is 83.6. The molecule has 119 heavy (non-hydrogen) atoms. The van der Waals surface area contributed by atoms with Crippen molar-refractivity contribution in [2.45, 2.75) is 53.9 Å². The molecule has 12 aromatic rings. The number of benzene rings is 8. The zero-order chi connectivity index (χ0) is 85.4. The quantitative estimate of drug-likeness (QED) is 0.0270. The lowest BCUT2D eigenvalue weighted by Crippen LogP contribution is -2.06. The summed E-state index contributed by atoms with van der Waals surface area (Å²) in [6.07, 6.45) is 6.56. The van der Waals surface area contributed by atoms with Gasteiger partial charge in [0.25, 0.3) is 0 Å². The molecule has 26 N–H and O–H groups in total. The van der Waals surface area contributed by atoms with Gasteiger partial charge < -0.3 is 140 Å². The molecule has 37 nitrogen and oxygen atoms in total. The van der Waals surface area contributed by atoms with E-state index >= 15 is 0 Å². The molecule has 0 aliphatic carbocycles. The lowest BCUT2D eigenvalue weighted by atomic mass is 10.0. The largest absolute Gasteiger partial charge is 0.493 e. The lowest BCUT2D eigenvalue weighted by molar-refractivity contribution is 0.324. The number of nitrogens with one attached hydrogen (secondary N) is 4. The number of aryl methyl sites for hydroxylation is 4. The Hall–Kier alpha value is -13.5. The van der Waals surface area contributed by atoms with Crippen LogP contribution in [0, 0.1) is 27.7 Å². The number of aromatic nitrogens is 8. The minimum absolute atomic E-state index is 0. The predicted octanol–water partition coefficient (Wildman–Crippen LogP) is 8.48. The van der Waals surface area contributed by atoms with Crippen LogP contribution in [0.15, 0.2) is 97.1 Å². The van der Waals surface area contributed by atoms with Crippen LogP contribution < -0.4 is 124 Å². The van der Waals surface area contributed by atoms with E-state index < -0.39 is 21.6 Å². The highest BCUT2D eigenvalue weighted by molar-refractivity contribution is 7.83. The zero-order valence-electron chi connectivity index (χ0n) is 70.3. The number of rotatable bonds is 24. The molecule has 0 amide bonds. The van der Waals surface area contributed by atoms with Gasteiger partial charge in [-0.15, -0.1) is 0 Å². The van der Waals surface area contributed by atoms with E-state index in [4.69, 9.17) is 103 Å². The molecule has 0 radical (unpaired) electrons. The van der Waals surface area contributed by atoms with Gasteiger partial charge in [0.1, 0.15) is 23.3 Å². The number of nitrogen functional groups attached to an aromatic ring is 8. The number of methoxy groups -OCH3 is 12. The Morgan fingerprint density at radius 3 is 0.555 bits per heavy atom. The molecule has 644 valence electrons. The number of nitrogens with two attached hydrogens (primary N) is 8. The van der Waals surface area contributed by atoms with Crippen molar-refractivity contribution in [3.63, 3.8) is 0 Å². The average Bonchev–Trinajstić information content (AvgIpc) is 0.796. The van der Waals surface area contributed by atoms with Crippen molar-refractivity contribution in [1.82, 2.24) is 39.9 Å². The van der Waals surface area contributed by atoms with E-state index in [-0.39, 0.29) is 40.2 Å². The third-order valence-corrected chi connectivity index (χ3v) is 17.7. The molecule has 0 aliphatic heterocycles. The Morgan fingerprint density at radius 1 is 0.269 bits per heavy atom. The molecular formula is C80H110N20O17S2. The average molecular weight is 1690 g/mol. The van der Waals surface area contributed by atoms with E-state index in [2.05, 4.69) is 61.1 Å². The van der Waals surface area contributed by atoms with Gasteiger partial charge in [-0.1, -0.05) is 24.3 Å². The van der Waals surface area contributed by atoms with Crippen LogP contribution in [-0.4, -0.2) is 175 Å². The van der Waals surface area contributed by atoms with Crippen molar-refractivity contribution in [2.24, 2.45) is 0 Å². The molecule has 8 aromatic carbocycles. The Bertz CT molecular complexity index is 4740. The smallest absolute Gasteiger partial charge is 0.222 e. The summed E-state index contributed by atoms with van der Waals surface area (Å²) in [7, 11) is 17.8. The van der Waals surface area contributed by atoms with Crippen molar-refractivity contribution in [3.05, 3.63) is 142 Å². The lowest BCUT2D eigenvalue weighted by Gasteiger charge is -2.16. The summed E-state index contributed by atoms with van der Waals surface area (Å²) in [5.74, 6) is 9.08. The summed E-state index contributed by atoms with van der Waals surface area (Å²) in [4.78, 5) is 33.2. The Morgan fingerprint density at radius 2 is 0.420 bits per heavy atom. The maximum absolute atomic E-state index is 9.56. The standard InChI is InChI=1S/4C19H23N5O3.2C2H6OS.3H2O/c4*1-10-11(5-6-13-16(10)18(20)24-19(21)23-13)9-22-12-7-14(25-2)17(27-4)15(8-12)26-3;2*1-4(2)3;;;/h4*5-8,22H,9H2,1-4H3,(H4,20,21,23,24);2*1-2H3;3*1H2. The number of ether oxygens (including phenoxy) is 12. The summed E-state index contributed by atoms with van der Waals surface area (Å²) in [5.41, 5.74) is 61.4. The Balaban J connectivity index is 0.000000320.